The van der Waals surface area contributed by atoms with E-state index in [1.54, 1.807) is 12.1 Å². The summed E-state index contributed by atoms with van der Waals surface area (Å²) in [7, 11) is 0. The van der Waals surface area contributed by atoms with Crippen molar-refractivity contribution in [3.8, 4) is 5.75 Å². The lowest BCUT2D eigenvalue weighted by Crippen LogP contribution is -2.27. The van der Waals surface area contributed by atoms with Gasteiger partial charge in [-0.25, -0.2) is 4.39 Å². The van der Waals surface area contributed by atoms with Crippen LogP contribution < -0.4 is 10.1 Å². The van der Waals surface area contributed by atoms with Crippen molar-refractivity contribution in [3.63, 3.8) is 0 Å². The van der Waals surface area contributed by atoms with E-state index in [-0.39, 0.29) is 17.6 Å². The lowest BCUT2D eigenvalue weighted by molar-refractivity contribution is -0.121. The molecule has 0 radical (unpaired) electrons. The molecule has 1 fully saturated rings. The summed E-state index contributed by atoms with van der Waals surface area (Å²) in [4.78, 5) is 26.1. The fourth-order valence-corrected chi connectivity index (χ4v) is 3.11. The van der Waals surface area contributed by atoms with Crippen molar-refractivity contribution in [2.75, 3.05) is 19.7 Å². The largest absolute Gasteiger partial charge is 0.494 e. The number of amides is 2. The number of carbonyl (C=O) groups excluding carboxylic acids is 2. The van der Waals surface area contributed by atoms with E-state index in [2.05, 4.69) is 5.32 Å². The number of hydrogen-bond donors (Lipinski definition) is 1. The van der Waals surface area contributed by atoms with Gasteiger partial charge in [-0.05, 0) is 61.2 Å². The fraction of sp³-hybridized carbons (Fsp3) is 0.364. The third kappa shape index (κ3) is 5.81. The number of nitrogens with zero attached hydrogens (tertiary/aromatic N) is 1. The molecule has 0 aromatic heterocycles. The van der Waals surface area contributed by atoms with Gasteiger partial charge in [-0.1, -0.05) is 12.1 Å². The zero-order chi connectivity index (χ0) is 19.8. The van der Waals surface area contributed by atoms with Gasteiger partial charge in [0, 0.05) is 31.6 Å². The van der Waals surface area contributed by atoms with Gasteiger partial charge < -0.3 is 15.0 Å². The normalized spacial score (nSPS) is 13.4. The monoisotopic (exact) mass is 384 g/mol. The molecule has 28 heavy (non-hydrogen) atoms. The molecule has 3 rings (SSSR count). The van der Waals surface area contributed by atoms with E-state index < -0.39 is 0 Å². The third-order valence-electron chi connectivity index (χ3n) is 4.71. The molecular formula is C22H25FN2O3. The first-order chi connectivity index (χ1) is 13.6. The molecule has 1 aliphatic heterocycles. The molecule has 6 heteroatoms. The number of nitrogens with one attached hydrogen (secondary N) is 1. The summed E-state index contributed by atoms with van der Waals surface area (Å²) in [5.74, 6) is 0.305. The van der Waals surface area contributed by atoms with E-state index in [1.165, 1.54) is 12.1 Å². The van der Waals surface area contributed by atoms with Crippen molar-refractivity contribution in [2.45, 2.75) is 32.2 Å². The predicted octanol–water partition coefficient (Wildman–Crippen LogP) is 3.54. The summed E-state index contributed by atoms with van der Waals surface area (Å²) in [6.07, 6.45) is 3.08. The second kappa shape index (κ2) is 9.88. The van der Waals surface area contributed by atoms with Gasteiger partial charge in [-0.3, -0.25) is 9.59 Å². The molecule has 1 aliphatic rings. The third-order valence-corrected chi connectivity index (χ3v) is 4.71. The summed E-state index contributed by atoms with van der Waals surface area (Å²) < 4.78 is 18.3. The van der Waals surface area contributed by atoms with Crippen LogP contribution in [0, 0.1) is 5.82 Å². The molecule has 0 unspecified atom stereocenters. The first-order valence-corrected chi connectivity index (χ1v) is 9.65. The van der Waals surface area contributed by atoms with Gasteiger partial charge in [-0.2, -0.15) is 0 Å². The molecule has 0 atom stereocenters. The van der Waals surface area contributed by atoms with E-state index in [0.29, 0.717) is 37.3 Å². The number of likely N-dealkylation sites (tertiary alicyclic amines) is 1. The Morgan fingerprint density at radius 1 is 1.00 bits per heavy atom. The molecular weight excluding hydrogens is 359 g/mol. The highest BCUT2D eigenvalue weighted by molar-refractivity contribution is 5.94. The van der Waals surface area contributed by atoms with Crippen LogP contribution in [-0.4, -0.2) is 36.4 Å². The Labute approximate surface area is 164 Å². The Kier molecular flexibility index (Phi) is 7.00. The Hall–Kier alpha value is -2.89. The van der Waals surface area contributed by atoms with E-state index in [9.17, 15) is 14.0 Å². The minimum atomic E-state index is -0.305. The smallest absolute Gasteiger partial charge is 0.253 e. The molecule has 148 valence electrons. The summed E-state index contributed by atoms with van der Waals surface area (Å²) in [5, 5.41) is 2.87. The number of halogens is 1. The minimum Gasteiger partial charge on any atom is -0.494 e. The van der Waals surface area contributed by atoms with Gasteiger partial charge in [-0.15, -0.1) is 0 Å². The maximum atomic E-state index is 12.8. The maximum absolute atomic E-state index is 12.8. The predicted molar refractivity (Wildman–Crippen MR) is 105 cm³/mol. The fourth-order valence-electron chi connectivity index (χ4n) is 3.11. The van der Waals surface area contributed by atoms with Crippen LogP contribution in [-0.2, 0) is 11.3 Å². The second-order valence-corrected chi connectivity index (χ2v) is 6.88. The van der Waals surface area contributed by atoms with Crippen molar-refractivity contribution in [1.82, 2.24) is 10.2 Å². The van der Waals surface area contributed by atoms with Gasteiger partial charge in [0.2, 0.25) is 5.91 Å². The van der Waals surface area contributed by atoms with E-state index in [4.69, 9.17) is 4.74 Å². The van der Waals surface area contributed by atoms with Crippen LogP contribution in [0.3, 0.4) is 0 Å². The summed E-state index contributed by atoms with van der Waals surface area (Å²) in [6.45, 7) is 2.49. The number of hydrogen-bond acceptors (Lipinski definition) is 3. The standard InChI is InChI=1S/C22H25FN2O3/c23-19-9-11-20(12-10-19)28-15-3-4-21(26)24-16-17-5-7-18(8-6-17)22(27)25-13-1-2-14-25/h5-12H,1-4,13-16H2,(H,24,26). The molecule has 0 aliphatic carbocycles. The lowest BCUT2D eigenvalue weighted by Gasteiger charge is -2.15. The van der Waals surface area contributed by atoms with Crippen LogP contribution in [0.1, 0.15) is 41.6 Å². The Morgan fingerprint density at radius 3 is 2.36 bits per heavy atom. The van der Waals surface area contributed by atoms with E-state index in [1.807, 2.05) is 29.2 Å². The second-order valence-electron chi connectivity index (χ2n) is 6.88. The zero-order valence-corrected chi connectivity index (χ0v) is 15.8. The highest BCUT2D eigenvalue weighted by Crippen LogP contribution is 2.14. The lowest BCUT2D eigenvalue weighted by atomic mass is 10.1. The molecule has 1 saturated heterocycles. The quantitative estimate of drug-likeness (QED) is 0.709. The Balaban J connectivity index is 1.34. The van der Waals surface area contributed by atoms with Gasteiger partial charge in [0.25, 0.3) is 5.91 Å². The molecule has 0 bridgehead atoms. The van der Waals surface area contributed by atoms with E-state index in [0.717, 1.165) is 31.5 Å². The number of rotatable bonds is 8. The van der Waals surface area contributed by atoms with Gasteiger partial charge in [0.1, 0.15) is 11.6 Å². The number of carbonyl (C=O) groups is 2. The van der Waals surface area contributed by atoms with Crippen molar-refractivity contribution in [1.29, 1.82) is 0 Å². The molecule has 5 nitrogen and oxygen atoms in total. The van der Waals surface area contributed by atoms with Crippen LogP contribution in [0.2, 0.25) is 0 Å². The molecule has 1 N–H and O–H groups in total. The molecule has 2 aromatic carbocycles. The summed E-state index contributed by atoms with van der Waals surface area (Å²) >= 11 is 0. The van der Waals surface area contributed by atoms with Crippen molar-refractivity contribution in [2.24, 2.45) is 0 Å². The zero-order valence-electron chi connectivity index (χ0n) is 15.8. The summed E-state index contributed by atoms with van der Waals surface area (Å²) in [5.41, 5.74) is 1.64. The topological polar surface area (TPSA) is 58.6 Å². The molecule has 2 aromatic rings. The average molecular weight is 384 g/mol. The molecule has 1 heterocycles. The van der Waals surface area contributed by atoms with Crippen molar-refractivity contribution >= 4 is 11.8 Å². The Bertz CT molecular complexity index is 784. The highest BCUT2D eigenvalue weighted by Gasteiger charge is 2.19. The summed E-state index contributed by atoms with van der Waals surface area (Å²) in [6, 6.07) is 13.2. The van der Waals surface area contributed by atoms with Crippen molar-refractivity contribution < 1.29 is 18.7 Å². The molecule has 0 spiro atoms. The van der Waals surface area contributed by atoms with Gasteiger partial charge in [0.15, 0.2) is 0 Å². The van der Waals surface area contributed by atoms with Crippen LogP contribution in [0.15, 0.2) is 48.5 Å². The molecule has 2 amide bonds. The minimum absolute atomic E-state index is 0.0556. The Morgan fingerprint density at radius 2 is 1.68 bits per heavy atom. The molecule has 0 saturated carbocycles. The maximum Gasteiger partial charge on any atom is 0.253 e. The van der Waals surface area contributed by atoms with Crippen LogP contribution in [0.25, 0.3) is 0 Å². The first-order valence-electron chi connectivity index (χ1n) is 9.65. The van der Waals surface area contributed by atoms with Crippen molar-refractivity contribution in [3.05, 3.63) is 65.5 Å². The number of ether oxygens (including phenoxy) is 1. The number of benzene rings is 2. The first kappa shape index (κ1) is 19.9. The van der Waals surface area contributed by atoms with E-state index >= 15 is 0 Å². The average Bonchev–Trinajstić information content (AvgIpc) is 3.26. The van der Waals surface area contributed by atoms with Gasteiger partial charge in [0.05, 0.1) is 6.61 Å². The van der Waals surface area contributed by atoms with Crippen LogP contribution in [0.4, 0.5) is 4.39 Å². The van der Waals surface area contributed by atoms with Crippen LogP contribution >= 0.6 is 0 Å². The SMILES string of the molecule is O=C(CCCOc1ccc(F)cc1)NCc1ccc(C(=O)N2CCCC2)cc1. The van der Waals surface area contributed by atoms with Gasteiger partial charge >= 0.3 is 0 Å². The highest BCUT2D eigenvalue weighted by atomic mass is 19.1. The van der Waals surface area contributed by atoms with Crippen LogP contribution in [0.5, 0.6) is 5.75 Å².